The topological polar surface area (TPSA) is 0 Å². The summed E-state index contributed by atoms with van der Waals surface area (Å²) in [6.07, 6.45) is 0.945. The van der Waals surface area contributed by atoms with Crippen LogP contribution >= 0.6 is 0 Å². The summed E-state index contributed by atoms with van der Waals surface area (Å²) in [4.78, 5) is 0. The molecule has 5 aromatic rings. The normalized spacial score (nSPS) is 10.8. The zero-order valence-electron chi connectivity index (χ0n) is 19.3. The molecule has 0 aliphatic rings. The van der Waals surface area contributed by atoms with Gasteiger partial charge in [-0.15, -0.1) is 0 Å². The lowest BCUT2D eigenvalue weighted by atomic mass is 9.97. The third-order valence-electron chi connectivity index (χ3n) is 6.30. The molecule has 0 N–H and O–H groups in total. The van der Waals surface area contributed by atoms with Crippen molar-refractivity contribution in [3.63, 3.8) is 0 Å². The Morgan fingerprint density at radius 3 is 0.788 bits per heavy atom. The molecule has 0 atom stereocenters. The van der Waals surface area contributed by atoms with Gasteiger partial charge in [-0.25, -0.2) is 0 Å². The highest BCUT2D eigenvalue weighted by Crippen LogP contribution is 2.26. The molecule has 5 rings (SSSR count). The molecule has 0 aromatic heterocycles. The quantitative estimate of drug-likeness (QED) is 0.264. The highest BCUT2D eigenvalue weighted by molar-refractivity contribution is 5.70. The van der Waals surface area contributed by atoms with E-state index in [2.05, 4.69) is 135 Å². The summed E-state index contributed by atoms with van der Waals surface area (Å²) in [5.41, 5.74) is 12.8. The smallest absolute Gasteiger partial charge is 0.00258 e. The largest absolute Gasteiger partial charge is 0.0587 e. The van der Waals surface area contributed by atoms with E-state index in [0.29, 0.717) is 0 Å². The van der Waals surface area contributed by atoms with Crippen LogP contribution in [0, 0.1) is 13.8 Å². The summed E-state index contributed by atoms with van der Waals surface area (Å²) in [5.74, 6) is 0. The Balaban J connectivity index is 1.26. The molecule has 0 nitrogen and oxygen atoms in total. The van der Waals surface area contributed by atoms with Gasteiger partial charge >= 0.3 is 0 Å². The van der Waals surface area contributed by atoms with Gasteiger partial charge in [-0.05, 0) is 64.8 Å². The van der Waals surface area contributed by atoms with Gasteiger partial charge in [-0.3, -0.25) is 0 Å². The number of benzene rings is 5. The Hall–Kier alpha value is -3.90. The third kappa shape index (κ3) is 4.96. The van der Waals surface area contributed by atoms with Crippen molar-refractivity contribution in [1.29, 1.82) is 0 Å². The first-order valence-corrected chi connectivity index (χ1v) is 11.6. The molecule has 0 aliphatic carbocycles. The minimum Gasteiger partial charge on any atom is -0.0587 e. The van der Waals surface area contributed by atoms with Crippen molar-refractivity contribution < 1.29 is 0 Å². The Morgan fingerprint density at radius 1 is 0.303 bits per heavy atom. The first-order valence-electron chi connectivity index (χ1n) is 11.6. The van der Waals surface area contributed by atoms with Gasteiger partial charge in [-0.1, -0.05) is 132 Å². The molecule has 160 valence electrons. The first-order chi connectivity index (χ1) is 16.1. The third-order valence-corrected chi connectivity index (χ3v) is 6.30. The van der Waals surface area contributed by atoms with E-state index in [-0.39, 0.29) is 0 Å². The lowest BCUT2D eigenvalue weighted by Gasteiger charge is -2.08. The van der Waals surface area contributed by atoms with Crippen molar-refractivity contribution in [3.05, 3.63) is 144 Å². The second kappa shape index (κ2) is 9.30. The van der Waals surface area contributed by atoms with Gasteiger partial charge in [-0.2, -0.15) is 0 Å². The van der Waals surface area contributed by atoms with Crippen LogP contribution in [0.4, 0.5) is 0 Å². The monoisotopic (exact) mass is 424 g/mol. The van der Waals surface area contributed by atoms with Crippen molar-refractivity contribution in [2.75, 3.05) is 0 Å². The molecule has 0 fully saturated rings. The minimum absolute atomic E-state index is 0.945. The average Bonchev–Trinajstić information content (AvgIpc) is 2.86. The van der Waals surface area contributed by atoms with E-state index in [9.17, 15) is 0 Å². The molecule has 0 radical (unpaired) electrons. The van der Waals surface area contributed by atoms with Gasteiger partial charge in [0.15, 0.2) is 0 Å². The highest BCUT2D eigenvalue weighted by Gasteiger charge is 2.03. The maximum absolute atomic E-state index is 2.25. The summed E-state index contributed by atoms with van der Waals surface area (Å²) < 4.78 is 0. The molecule has 0 unspecified atom stereocenters. The fraction of sp³-hybridized carbons (Fsp3) is 0.0909. The van der Waals surface area contributed by atoms with Crippen LogP contribution in [0.2, 0.25) is 0 Å². The number of rotatable bonds is 5. The molecule has 0 spiro atoms. The van der Waals surface area contributed by atoms with Crippen LogP contribution in [0.1, 0.15) is 22.3 Å². The van der Waals surface area contributed by atoms with Gasteiger partial charge in [0.05, 0.1) is 0 Å². The van der Waals surface area contributed by atoms with Crippen LogP contribution in [0.5, 0.6) is 0 Å². The van der Waals surface area contributed by atoms with E-state index in [4.69, 9.17) is 0 Å². The molecule has 0 saturated heterocycles. The number of aryl methyl sites for hydroxylation is 2. The summed E-state index contributed by atoms with van der Waals surface area (Å²) in [7, 11) is 0. The van der Waals surface area contributed by atoms with Gasteiger partial charge in [0.25, 0.3) is 0 Å². The standard InChI is InChI=1S/C33H28/c1-24-3-11-28(12-4-24)30-15-7-26(8-16-30)23-27-9-17-31(18-10-27)33-21-19-32(20-22-33)29-13-5-25(2)6-14-29/h3-22H,23H2,1-2H3. The fourth-order valence-electron chi connectivity index (χ4n) is 4.21. The zero-order chi connectivity index (χ0) is 22.6. The van der Waals surface area contributed by atoms with E-state index in [1.165, 1.54) is 55.6 Å². The molecular weight excluding hydrogens is 396 g/mol. The lowest BCUT2D eigenvalue weighted by molar-refractivity contribution is 1.19. The van der Waals surface area contributed by atoms with Gasteiger partial charge < -0.3 is 0 Å². The van der Waals surface area contributed by atoms with E-state index < -0.39 is 0 Å². The fourth-order valence-corrected chi connectivity index (χ4v) is 4.21. The Labute approximate surface area is 197 Å². The molecule has 0 heteroatoms. The van der Waals surface area contributed by atoms with Crippen molar-refractivity contribution >= 4 is 0 Å². The average molecular weight is 425 g/mol. The summed E-state index contributed by atoms with van der Waals surface area (Å²) in [5, 5.41) is 0. The summed E-state index contributed by atoms with van der Waals surface area (Å²) in [6.45, 7) is 4.25. The van der Waals surface area contributed by atoms with Crippen molar-refractivity contribution in [1.82, 2.24) is 0 Å². The predicted molar refractivity (Wildman–Crippen MR) is 141 cm³/mol. The SMILES string of the molecule is Cc1ccc(-c2ccc(Cc3ccc(-c4ccc(-c5ccc(C)cc5)cc4)cc3)cc2)cc1. The second-order valence-electron chi connectivity index (χ2n) is 8.88. The van der Waals surface area contributed by atoms with E-state index >= 15 is 0 Å². The van der Waals surface area contributed by atoms with Crippen LogP contribution in [0.15, 0.2) is 121 Å². The number of hydrogen-bond acceptors (Lipinski definition) is 0. The Kier molecular flexibility index (Phi) is 5.91. The molecule has 0 saturated carbocycles. The van der Waals surface area contributed by atoms with Crippen LogP contribution in [0.25, 0.3) is 33.4 Å². The summed E-state index contributed by atoms with van der Waals surface area (Å²) >= 11 is 0. The van der Waals surface area contributed by atoms with Crippen LogP contribution in [-0.4, -0.2) is 0 Å². The zero-order valence-corrected chi connectivity index (χ0v) is 19.3. The van der Waals surface area contributed by atoms with Crippen LogP contribution in [0.3, 0.4) is 0 Å². The molecule has 0 amide bonds. The summed E-state index contributed by atoms with van der Waals surface area (Å²) in [6, 6.07) is 44.2. The molecule has 0 bridgehead atoms. The lowest BCUT2D eigenvalue weighted by Crippen LogP contribution is -1.89. The highest BCUT2D eigenvalue weighted by atomic mass is 14.1. The van der Waals surface area contributed by atoms with Gasteiger partial charge in [0.2, 0.25) is 0 Å². The maximum Gasteiger partial charge on any atom is -0.00258 e. The molecular formula is C33H28. The van der Waals surface area contributed by atoms with Crippen LogP contribution < -0.4 is 0 Å². The van der Waals surface area contributed by atoms with E-state index in [0.717, 1.165) is 6.42 Å². The predicted octanol–water partition coefficient (Wildman–Crippen LogP) is 8.90. The van der Waals surface area contributed by atoms with Gasteiger partial charge in [0, 0.05) is 0 Å². The van der Waals surface area contributed by atoms with E-state index in [1.54, 1.807) is 0 Å². The molecule has 0 aliphatic heterocycles. The van der Waals surface area contributed by atoms with Gasteiger partial charge in [0.1, 0.15) is 0 Å². The Bertz CT molecular complexity index is 1320. The van der Waals surface area contributed by atoms with Crippen molar-refractivity contribution in [3.8, 4) is 33.4 Å². The molecule has 33 heavy (non-hydrogen) atoms. The molecule has 5 aromatic carbocycles. The second-order valence-corrected chi connectivity index (χ2v) is 8.88. The van der Waals surface area contributed by atoms with Crippen LogP contribution in [-0.2, 0) is 6.42 Å². The number of hydrogen-bond donors (Lipinski definition) is 0. The van der Waals surface area contributed by atoms with Crippen molar-refractivity contribution in [2.24, 2.45) is 0 Å². The maximum atomic E-state index is 2.25. The molecule has 0 heterocycles. The minimum atomic E-state index is 0.945. The van der Waals surface area contributed by atoms with Crippen molar-refractivity contribution in [2.45, 2.75) is 20.3 Å². The van der Waals surface area contributed by atoms with E-state index in [1.807, 2.05) is 0 Å². The first kappa shape index (κ1) is 21.0. The Morgan fingerprint density at radius 2 is 0.515 bits per heavy atom.